The third kappa shape index (κ3) is 9.26. The molecule has 1 saturated heterocycles. The number of hydrogen-bond acceptors (Lipinski definition) is 13. The van der Waals surface area contributed by atoms with Crippen LogP contribution in [-0.4, -0.2) is 113 Å². The summed E-state index contributed by atoms with van der Waals surface area (Å²) in [5.74, 6) is -2.19. The van der Waals surface area contributed by atoms with Crippen molar-refractivity contribution in [3.63, 3.8) is 0 Å². The Bertz CT molecular complexity index is 1260. The van der Waals surface area contributed by atoms with Gasteiger partial charge in [0.25, 0.3) is 0 Å². The van der Waals surface area contributed by atoms with Crippen molar-refractivity contribution in [1.82, 2.24) is 24.8 Å². The molecule has 0 spiro atoms. The SMILES string of the molecule is CCCOC(C(C)O)n1cnc2c(NC(=O)NC(C(=O)O)C(C)OC(=O)CCC(C)OC3OC(C)C(O)CC3O)ncnc21. The van der Waals surface area contributed by atoms with Crippen molar-refractivity contribution in [2.24, 2.45) is 0 Å². The van der Waals surface area contributed by atoms with Crippen molar-refractivity contribution in [2.75, 3.05) is 11.9 Å². The van der Waals surface area contributed by atoms with E-state index in [0.29, 0.717) is 6.61 Å². The zero-order valence-electron chi connectivity index (χ0n) is 25.3. The van der Waals surface area contributed by atoms with Crippen LogP contribution in [0.1, 0.15) is 66.5 Å². The molecule has 1 aliphatic heterocycles. The summed E-state index contributed by atoms with van der Waals surface area (Å²) in [4.78, 5) is 49.6. The fourth-order valence-corrected chi connectivity index (χ4v) is 4.50. The second-order valence-corrected chi connectivity index (χ2v) is 10.7. The van der Waals surface area contributed by atoms with E-state index in [1.54, 1.807) is 20.8 Å². The standard InChI is InChI=1S/C27H42N6O11/c1-6-9-41-24(14(3)34)33-12-30-21-22(28-11-29-23(21)33)32-27(40)31-20(25(38)39)16(5)43-19(37)8-7-13(2)42-26-18(36)10-17(35)15(4)44-26/h11-18,20,24,26,34-36H,6-10H2,1-5H3,(H,38,39)(H2,28,29,31,32,40). The monoisotopic (exact) mass is 626 g/mol. The van der Waals surface area contributed by atoms with Crippen molar-refractivity contribution in [3.05, 3.63) is 12.7 Å². The van der Waals surface area contributed by atoms with Gasteiger partial charge in [0.05, 0.1) is 30.7 Å². The highest BCUT2D eigenvalue weighted by Crippen LogP contribution is 2.24. The van der Waals surface area contributed by atoms with Crippen molar-refractivity contribution in [3.8, 4) is 0 Å². The Morgan fingerprint density at radius 2 is 1.89 bits per heavy atom. The van der Waals surface area contributed by atoms with Gasteiger partial charge in [-0.1, -0.05) is 6.92 Å². The third-order valence-corrected chi connectivity index (χ3v) is 6.92. The lowest BCUT2D eigenvalue weighted by Gasteiger charge is -2.36. The summed E-state index contributed by atoms with van der Waals surface area (Å²) in [7, 11) is 0. The molecule has 3 heterocycles. The Morgan fingerprint density at radius 3 is 2.55 bits per heavy atom. The van der Waals surface area contributed by atoms with E-state index >= 15 is 0 Å². The number of ether oxygens (including phenoxy) is 4. The minimum Gasteiger partial charge on any atom is -0.480 e. The average Bonchev–Trinajstić information content (AvgIpc) is 3.38. The van der Waals surface area contributed by atoms with E-state index in [-0.39, 0.29) is 36.2 Å². The molecule has 0 saturated carbocycles. The molecular weight excluding hydrogens is 584 g/mol. The minimum atomic E-state index is -1.61. The van der Waals surface area contributed by atoms with E-state index in [2.05, 4.69) is 25.6 Å². The number of amides is 2. The number of nitrogens with zero attached hydrogens (tertiary/aromatic N) is 4. The minimum absolute atomic E-state index is 0.0233. The normalized spacial score (nSPS) is 23.7. The molecule has 9 unspecified atom stereocenters. The molecule has 3 rings (SSSR count). The molecule has 1 fully saturated rings. The van der Waals surface area contributed by atoms with Crippen LogP contribution < -0.4 is 10.6 Å². The van der Waals surface area contributed by atoms with Gasteiger partial charge in [-0.25, -0.2) is 24.5 Å². The van der Waals surface area contributed by atoms with E-state index in [9.17, 15) is 34.8 Å². The van der Waals surface area contributed by atoms with Crippen LogP contribution in [-0.2, 0) is 28.5 Å². The number of rotatable bonds is 15. The summed E-state index contributed by atoms with van der Waals surface area (Å²) >= 11 is 0. The Labute approximate surface area is 253 Å². The highest BCUT2D eigenvalue weighted by molar-refractivity contribution is 5.97. The number of nitrogens with one attached hydrogen (secondary N) is 2. The van der Waals surface area contributed by atoms with E-state index in [0.717, 1.165) is 6.42 Å². The van der Waals surface area contributed by atoms with E-state index < -0.39 is 73.2 Å². The summed E-state index contributed by atoms with van der Waals surface area (Å²) < 4.78 is 23.6. The predicted molar refractivity (Wildman–Crippen MR) is 152 cm³/mol. The zero-order valence-corrected chi connectivity index (χ0v) is 25.3. The van der Waals surface area contributed by atoms with E-state index in [4.69, 9.17) is 18.9 Å². The van der Waals surface area contributed by atoms with Gasteiger partial charge in [-0.05, 0) is 40.5 Å². The Kier molecular flexibility index (Phi) is 12.7. The second-order valence-electron chi connectivity index (χ2n) is 10.7. The number of aliphatic carboxylic acids is 1. The summed E-state index contributed by atoms with van der Waals surface area (Å²) in [5.41, 5.74) is 0.442. The maximum atomic E-state index is 12.8. The largest absolute Gasteiger partial charge is 0.480 e. The fourth-order valence-electron chi connectivity index (χ4n) is 4.50. The molecular formula is C27H42N6O11. The van der Waals surface area contributed by atoms with Crippen molar-refractivity contribution in [2.45, 2.75) is 115 Å². The number of carbonyl (C=O) groups excluding carboxylic acids is 2. The molecule has 2 aromatic rings. The summed E-state index contributed by atoms with van der Waals surface area (Å²) in [6, 6.07) is -2.56. The summed E-state index contributed by atoms with van der Waals surface area (Å²) in [6.45, 7) is 8.51. The molecule has 0 radical (unpaired) electrons. The van der Waals surface area contributed by atoms with Gasteiger partial charge in [-0.15, -0.1) is 0 Å². The molecule has 17 heteroatoms. The van der Waals surface area contributed by atoms with Gasteiger partial charge in [0, 0.05) is 19.4 Å². The first-order valence-corrected chi connectivity index (χ1v) is 14.5. The number of carbonyl (C=O) groups is 3. The third-order valence-electron chi connectivity index (χ3n) is 6.92. The Morgan fingerprint density at radius 1 is 1.16 bits per heavy atom. The number of esters is 1. The number of anilines is 1. The highest BCUT2D eigenvalue weighted by Gasteiger charge is 2.36. The number of urea groups is 1. The lowest BCUT2D eigenvalue weighted by Crippen LogP contribution is -2.50. The summed E-state index contributed by atoms with van der Waals surface area (Å²) in [5, 5.41) is 44.5. The molecule has 2 aromatic heterocycles. The maximum Gasteiger partial charge on any atom is 0.330 e. The molecule has 0 bridgehead atoms. The van der Waals surface area contributed by atoms with Crippen molar-refractivity contribution < 1.29 is 53.8 Å². The predicted octanol–water partition coefficient (Wildman–Crippen LogP) is 0.681. The first kappa shape index (κ1) is 35.0. The van der Waals surface area contributed by atoms with Crippen LogP contribution in [0.4, 0.5) is 10.6 Å². The first-order valence-electron chi connectivity index (χ1n) is 14.5. The maximum absolute atomic E-state index is 12.8. The number of carboxylic acid groups (broad SMARTS) is 1. The van der Waals surface area contributed by atoms with Crippen LogP contribution in [0, 0.1) is 0 Å². The van der Waals surface area contributed by atoms with E-state index in [1.165, 1.54) is 24.1 Å². The lowest BCUT2D eigenvalue weighted by molar-refractivity contribution is -0.273. The number of aliphatic hydroxyl groups is 3. The van der Waals surface area contributed by atoms with Crippen molar-refractivity contribution in [1.29, 1.82) is 0 Å². The van der Waals surface area contributed by atoms with Crippen LogP contribution in [0.15, 0.2) is 12.7 Å². The van der Waals surface area contributed by atoms with Crippen molar-refractivity contribution >= 4 is 35.0 Å². The lowest BCUT2D eigenvalue weighted by atomic mass is 10.0. The molecule has 2 amide bonds. The highest BCUT2D eigenvalue weighted by atomic mass is 16.7. The zero-order chi connectivity index (χ0) is 32.6. The van der Waals surface area contributed by atoms with Gasteiger partial charge in [0.1, 0.15) is 18.5 Å². The first-order chi connectivity index (χ1) is 20.8. The number of carboxylic acids is 1. The quantitative estimate of drug-likeness (QED) is 0.149. The van der Waals surface area contributed by atoms with Gasteiger partial charge in [0.2, 0.25) is 0 Å². The number of imidazole rings is 1. The van der Waals surface area contributed by atoms with E-state index in [1.807, 2.05) is 6.92 Å². The van der Waals surface area contributed by atoms with Crippen LogP contribution in [0.2, 0.25) is 0 Å². The molecule has 17 nitrogen and oxygen atoms in total. The Balaban J connectivity index is 1.56. The smallest absolute Gasteiger partial charge is 0.330 e. The van der Waals surface area contributed by atoms with Crippen LogP contribution in [0.3, 0.4) is 0 Å². The second kappa shape index (κ2) is 16.0. The molecule has 6 N–H and O–H groups in total. The number of aromatic nitrogens is 4. The average molecular weight is 627 g/mol. The molecule has 1 aliphatic rings. The number of aliphatic hydroxyl groups excluding tert-OH is 3. The molecule has 0 aromatic carbocycles. The van der Waals surface area contributed by atoms with Crippen LogP contribution in [0.5, 0.6) is 0 Å². The molecule has 9 atom stereocenters. The molecule has 0 aliphatic carbocycles. The molecule has 246 valence electrons. The number of hydrogen-bond donors (Lipinski definition) is 6. The van der Waals surface area contributed by atoms with Crippen LogP contribution >= 0.6 is 0 Å². The molecule has 44 heavy (non-hydrogen) atoms. The summed E-state index contributed by atoms with van der Waals surface area (Å²) in [6.07, 6.45) is -3.38. The van der Waals surface area contributed by atoms with Gasteiger partial charge < -0.3 is 44.7 Å². The van der Waals surface area contributed by atoms with Gasteiger partial charge in [-0.2, -0.15) is 0 Å². The topological polar surface area (TPSA) is 237 Å². The van der Waals surface area contributed by atoms with Gasteiger partial charge in [0.15, 0.2) is 35.5 Å². The Hall–Kier alpha value is -3.48. The number of fused-ring (bicyclic) bond motifs is 1. The van der Waals surface area contributed by atoms with Gasteiger partial charge in [-0.3, -0.25) is 14.7 Å². The fraction of sp³-hybridized carbons (Fsp3) is 0.704. The van der Waals surface area contributed by atoms with Gasteiger partial charge >= 0.3 is 18.0 Å². The van der Waals surface area contributed by atoms with Crippen LogP contribution in [0.25, 0.3) is 11.2 Å².